The van der Waals surface area contributed by atoms with Gasteiger partial charge in [-0.2, -0.15) is 0 Å². The number of aromatic nitrogens is 2. The Hall–Kier alpha value is -1.16. The van der Waals surface area contributed by atoms with Crippen LogP contribution in [0.15, 0.2) is 0 Å². The number of rotatable bonds is 6. The van der Waals surface area contributed by atoms with Crippen molar-refractivity contribution < 1.29 is 4.74 Å². The minimum absolute atomic E-state index is 0.301. The zero-order chi connectivity index (χ0) is 14.4. The van der Waals surface area contributed by atoms with Crippen LogP contribution in [0.1, 0.15) is 56.6 Å². The maximum atomic E-state index is 5.80. The summed E-state index contributed by atoms with van der Waals surface area (Å²) in [5.41, 5.74) is 2.35. The highest BCUT2D eigenvalue weighted by Gasteiger charge is 2.17. The Morgan fingerprint density at radius 3 is 2.75 bits per heavy atom. The Morgan fingerprint density at radius 2 is 2.10 bits per heavy atom. The predicted molar refractivity (Wildman–Crippen MR) is 82.2 cm³/mol. The Bertz CT molecular complexity index is 428. The average Bonchev–Trinajstić information content (AvgIpc) is 2.46. The first-order valence-corrected chi connectivity index (χ1v) is 7.96. The van der Waals surface area contributed by atoms with Crippen molar-refractivity contribution in [3.8, 4) is 0 Å². The van der Waals surface area contributed by atoms with Crippen molar-refractivity contribution in [3.05, 3.63) is 17.1 Å². The first-order valence-electron chi connectivity index (χ1n) is 7.96. The van der Waals surface area contributed by atoms with E-state index in [4.69, 9.17) is 9.72 Å². The van der Waals surface area contributed by atoms with Gasteiger partial charge in [0.2, 0.25) is 0 Å². The fraction of sp³-hybridized carbons (Fsp3) is 0.750. The smallest absolute Gasteiger partial charge is 0.133 e. The van der Waals surface area contributed by atoms with E-state index >= 15 is 0 Å². The topological polar surface area (TPSA) is 47.0 Å². The third-order valence-corrected chi connectivity index (χ3v) is 3.84. The van der Waals surface area contributed by atoms with E-state index in [1.807, 2.05) is 0 Å². The standard InChI is InChI=1S/C16H27N3O/c1-4-9-17-16-14(5-2)12(3)18-15(19-16)11-13-8-6-7-10-20-13/h13H,4-11H2,1-3H3,(H,17,18,19). The summed E-state index contributed by atoms with van der Waals surface area (Å²) in [7, 11) is 0. The molecule has 4 nitrogen and oxygen atoms in total. The van der Waals surface area contributed by atoms with Gasteiger partial charge in [0.05, 0.1) is 6.10 Å². The molecule has 1 aromatic heterocycles. The highest BCUT2D eigenvalue weighted by Crippen LogP contribution is 2.20. The van der Waals surface area contributed by atoms with Gasteiger partial charge in [0.1, 0.15) is 11.6 Å². The van der Waals surface area contributed by atoms with E-state index in [-0.39, 0.29) is 0 Å². The van der Waals surface area contributed by atoms with Crippen molar-refractivity contribution >= 4 is 5.82 Å². The number of nitrogens with one attached hydrogen (secondary N) is 1. The van der Waals surface area contributed by atoms with Crippen molar-refractivity contribution in [2.45, 2.75) is 65.4 Å². The van der Waals surface area contributed by atoms with E-state index in [0.29, 0.717) is 6.10 Å². The van der Waals surface area contributed by atoms with Crippen LogP contribution in [0, 0.1) is 6.92 Å². The van der Waals surface area contributed by atoms with Crippen molar-refractivity contribution in [1.29, 1.82) is 0 Å². The Labute approximate surface area is 122 Å². The molecule has 2 heterocycles. The third kappa shape index (κ3) is 3.92. The van der Waals surface area contributed by atoms with Gasteiger partial charge in [-0.25, -0.2) is 9.97 Å². The second kappa shape index (κ2) is 7.58. The van der Waals surface area contributed by atoms with Gasteiger partial charge >= 0.3 is 0 Å². The molecule has 0 amide bonds. The molecule has 0 radical (unpaired) electrons. The first kappa shape index (κ1) is 15.2. The van der Waals surface area contributed by atoms with E-state index in [9.17, 15) is 0 Å². The second-order valence-electron chi connectivity index (χ2n) is 5.53. The zero-order valence-corrected chi connectivity index (χ0v) is 13.0. The number of nitrogens with zero attached hydrogens (tertiary/aromatic N) is 2. The highest BCUT2D eigenvalue weighted by molar-refractivity contribution is 5.46. The predicted octanol–water partition coefficient (Wildman–Crippen LogP) is 3.28. The van der Waals surface area contributed by atoms with Crippen LogP contribution in [0.3, 0.4) is 0 Å². The van der Waals surface area contributed by atoms with E-state index < -0.39 is 0 Å². The quantitative estimate of drug-likeness (QED) is 0.867. The van der Waals surface area contributed by atoms with Gasteiger partial charge in [-0.3, -0.25) is 0 Å². The maximum Gasteiger partial charge on any atom is 0.133 e. The SMILES string of the molecule is CCCNc1nc(CC2CCCCO2)nc(C)c1CC. The molecular weight excluding hydrogens is 250 g/mol. The number of ether oxygens (including phenoxy) is 1. The van der Waals surface area contributed by atoms with E-state index in [1.165, 1.54) is 18.4 Å². The minimum atomic E-state index is 0.301. The molecule has 0 aromatic carbocycles. The van der Waals surface area contributed by atoms with Crippen molar-refractivity contribution in [1.82, 2.24) is 9.97 Å². The third-order valence-electron chi connectivity index (χ3n) is 3.84. The van der Waals surface area contributed by atoms with Crippen LogP contribution in [0.2, 0.25) is 0 Å². The molecule has 1 fully saturated rings. The largest absolute Gasteiger partial charge is 0.378 e. The van der Waals surface area contributed by atoms with Crippen LogP contribution >= 0.6 is 0 Å². The Morgan fingerprint density at radius 1 is 1.25 bits per heavy atom. The molecule has 1 saturated heterocycles. The molecule has 1 aliphatic heterocycles. The molecule has 20 heavy (non-hydrogen) atoms. The van der Waals surface area contributed by atoms with Crippen LogP contribution in [-0.4, -0.2) is 29.2 Å². The summed E-state index contributed by atoms with van der Waals surface area (Å²) >= 11 is 0. The first-order chi connectivity index (χ1) is 9.74. The second-order valence-corrected chi connectivity index (χ2v) is 5.53. The van der Waals surface area contributed by atoms with Gasteiger partial charge < -0.3 is 10.1 Å². The molecule has 1 aliphatic rings. The molecule has 1 N–H and O–H groups in total. The lowest BCUT2D eigenvalue weighted by Crippen LogP contribution is -2.23. The molecule has 1 atom stereocenters. The van der Waals surface area contributed by atoms with Gasteiger partial charge in [-0.1, -0.05) is 13.8 Å². The molecular formula is C16H27N3O. The molecule has 0 bridgehead atoms. The lowest BCUT2D eigenvalue weighted by Gasteiger charge is -2.22. The Balaban J connectivity index is 2.13. The summed E-state index contributed by atoms with van der Waals surface area (Å²) in [4.78, 5) is 9.41. The molecule has 0 spiro atoms. The lowest BCUT2D eigenvalue weighted by molar-refractivity contribution is 0.0156. The van der Waals surface area contributed by atoms with Crippen LogP contribution < -0.4 is 5.32 Å². The van der Waals surface area contributed by atoms with E-state index in [2.05, 4.69) is 31.1 Å². The summed E-state index contributed by atoms with van der Waals surface area (Å²) in [5.74, 6) is 1.94. The normalized spacial score (nSPS) is 19.1. The number of aryl methyl sites for hydroxylation is 1. The van der Waals surface area contributed by atoms with Gasteiger partial charge in [-0.05, 0) is 39.0 Å². The highest BCUT2D eigenvalue weighted by atomic mass is 16.5. The zero-order valence-electron chi connectivity index (χ0n) is 13.0. The van der Waals surface area contributed by atoms with Crippen molar-refractivity contribution in [2.75, 3.05) is 18.5 Å². The summed E-state index contributed by atoms with van der Waals surface area (Å²) < 4.78 is 5.80. The van der Waals surface area contributed by atoms with Crippen molar-refractivity contribution in [3.63, 3.8) is 0 Å². The fourth-order valence-electron chi connectivity index (χ4n) is 2.73. The lowest BCUT2D eigenvalue weighted by atomic mass is 10.1. The number of hydrogen-bond acceptors (Lipinski definition) is 4. The number of anilines is 1. The van der Waals surface area contributed by atoms with Gasteiger partial charge in [0.25, 0.3) is 0 Å². The summed E-state index contributed by atoms with van der Waals surface area (Å²) in [6.07, 6.45) is 6.80. The van der Waals surface area contributed by atoms with Crippen LogP contribution in [0.4, 0.5) is 5.82 Å². The summed E-state index contributed by atoms with van der Waals surface area (Å²) in [6, 6.07) is 0. The summed E-state index contributed by atoms with van der Waals surface area (Å²) in [6.45, 7) is 8.26. The maximum absolute atomic E-state index is 5.80. The average molecular weight is 277 g/mol. The molecule has 2 rings (SSSR count). The summed E-state index contributed by atoms with van der Waals surface area (Å²) in [5, 5.41) is 3.44. The number of hydrogen-bond donors (Lipinski definition) is 1. The van der Waals surface area contributed by atoms with E-state index in [1.54, 1.807) is 0 Å². The van der Waals surface area contributed by atoms with E-state index in [0.717, 1.165) is 56.2 Å². The van der Waals surface area contributed by atoms with Gasteiger partial charge in [0, 0.05) is 30.8 Å². The molecule has 112 valence electrons. The monoisotopic (exact) mass is 277 g/mol. The molecule has 4 heteroatoms. The van der Waals surface area contributed by atoms with Gasteiger partial charge in [0.15, 0.2) is 0 Å². The van der Waals surface area contributed by atoms with Crippen molar-refractivity contribution in [2.24, 2.45) is 0 Å². The van der Waals surface area contributed by atoms with Crippen LogP contribution in [0.25, 0.3) is 0 Å². The molecule has 0 aliphatic carbocycles. The Kier molecular flexibility index (Phi) is 5.77. The molecule has 0 saturated carbocycles. The van der Waals surface area contributed by atoms with Crippen LogP contribution in [0.5, 0.6) is 0 Å². The fourth-order valence-corrected chi connectivity index (χ4v) is 2.73. The molecule has 1 unspecified atom stereocenters. The van der Waals surface area contributed by atoms with Crippen LogP contribution in [-0.2, 0) is 17.6 Å². The minimum Gasteiger partial charge on any atom is -0.378 e. The van der Waals surface area contributed by atoms with Gasteiger partial charge in [-0.15, -0.1) is 0 Å². The molecule has 1 aromatic rings.